The topological polar surface area (TPSA) is 91.9 Å². The summed E-state index contributed by atoms with van der Waals surface area (Å²) in [5, 5.41) is 22.3. The van der Waals surface area contributed by atoms with Crippen molar-refractivity contribution in [2.24, 2.45) is 0 Å². The first-order valence-electron chi connectivity index (χ1n) is 4.84. The third-order valence-electron chi connectivity index (χ3n) is 1.99. The third kappa shape index (κ3) is 3.18. The number of nitrogens with zero attached hydrogens (tertiary/aromatic N) is 3. The molecule has 1 rings (SSSR count). The van der Waals surface area contributed by atoms with Crippen LogP contribution < -0.4 is 5.32 Å². The number of nitro groups is 1. The number of pyridine rings is 1. The number of hydrogen-bond acceptors (Lipinski definition) is 5. The Morgan fingerprint density at radius 3 is 2.94 bits per heavy atom. The van der Waals surface area contributed by atoms with Crippen LogP contribution in [0.25, 0.3) is 0 Å². The van der Waals surface area contributed by atoms with Gasteiger partial charge in [-0.2, -0.15) is 5.26 Å². The van der Waals surface area contributed by atoms with Crippen molar-refractivity contribution in [3.8, 4) is 18.4 Å². The largest absolute Gasteiger partial charge is 0.367 e. The van der Waals surface area contributed by atoms with Crippen LogP contribution in [0.5, 0.6) is 0 Å². The van der Waals surface area contributed by atoms with Crippen molar-refractivity contribution < 1.29 is 4.92 Å². The van der Waals surface area contributed by atoms with Crippen LogP contribution >= 0.6 is 0 Å². The maximum atomic E-state index is 10.6. The van der Waals surface area contributed by atoms with Gasteiger partial charge in [-0.25, -0.2) is 4.98 Å². The molecule has 86 valence electrons. The lowest BCUT2D eigenvalue weighted by molar-refractivity contribution is -0.385. The highest BCUT2D eigenvalue weighted by Crippen LogP contribution is 2.18. The van der Waals surface area contributed by atoms with E-state index in [1.165, 1.54) is 12.1 Å². The van der Waals surface area contributed by atoms with Crippen molar-refractivity contribution >= 4 is 11.5 Å². The van der Waals surface area contributed by atoms with E-state index < -0.39 is 4.92 Å². The molecular formula is C11H10N4O2. The van der Waals surface area contributed by atoms with Gasteiger partial charge in [0.15, 0.2) is 0 Å². The predicted octanol–water partition coefficient (Wildman–Crippen LogP) is 1.69. The molecule has 1 heterocycles. The van der Waals surface area contributed by atoms with Gasteiger partial charge in [0.05, 0.1) is 4.92 Å². The highest BCUT2D eigenvalue weighted by Gasteiger charge is 2.15. The van der Waals surface area contributed by atoms with Gasteiger partial charge in [0.1, 0.15) is 11.9 Å². The molecule has 1 aromatic heterocycles. The van der Waals surface area contributed by atoms with Gasteiger partial charge in [0, 0.05) is 18.5 Å². The molecular weight excluding hydrogens is 220 g/mol. The van der Waals surface area contributed by atoms with Crippen LogP contribution in [-0.2, 0) is 0 Å². The van der Waals surface area contributed by atoms with Crippen molar-refractivity contribution in [1.82, 2.24) is 4.98 Å². The summed E-state index contributed by atoms with van der Waals surface area (Å²) in [5.41, 5.74) is -0.518. The fraction of sp³-hybridized carbons (Fsp3) is 0.273. The van der Waals surface area contributed by atoms with Crippen LogP contribution in [0.2, 0.25) is 0 Å². The number of aromatic nitrogens is 1. The monoisotopic (exact) mass is 230 g/mol. The Labute approximate surface area is 98.4 Å². The van der Waals surface area contributed by atoms with Gasteiger partial charge in [-0.1, -0.05) is 0 Å². The summed E-state index contributed by atoms with van der Waals surface area (Å²) < 4.78 is 0. The molecule has 0 aliphatic heterocycles. The quantitative estimate of drug-likeness (QED) is 0.482. The maximum Gasteiger partial charge on any atom is 0.305 e. The van der Waals surface area contributed by atoms with Gasteiger partial charge in [0.2, 0.25) is 5.69 Å². The van der Waals surface area contributed by atoms with Gasteiger partial charge in [-0.3, -0.25) is 10.1 Å². The summed E-state index contributed by atoms with van der Waals surface area (Å²) in [6.45, 7) is 1.86. The van der Waals surface area contributed by atoms with Gasteiger partial charge in [-0.15, -0.1) is 12.3 Å². The molecule has 1 aromatic rings. The second-order valence-corrected chi connectivity index (χ2v) is 3.39. The normalized spacial score (nSPS) is 11.0. The molecule has 17 heavy (non-hydrogen) atoms. The van der Waals surface area contributed by atoms with Crippen LogP contribution in [-0.4, -0.2) is 15.9 Å². The van der Waals surface area contributed by atoms with Crippen molar-refractivity contribution in [1.29, 1.82) is 5.26 Å². The molecule has 0 saturated heterocycles. The summed E-state index contributed by atoms with van der Waals surface area (Å²) in [6, 6.07) is 4.37. The lowest BCUT2D eigenvalue weighted by atomic mass is 10.2. The van der Waals surface area contributed by atoms with E-state index in [-0.39, 0.29) is 17.4 Å². The minimum Gasteiger partial charge on any atom is -0.367 e. The molecule has 1 N–H and O–H groups in total. The summed E-state index contributed by atoms with van der Waals surface area (Å²) in [7, 11) is 0. The van der Waals surface area contributed by atoms with Crippen LogP contribution in [0.3, 0.4) is 0 Å². The predicted molar refractivity (Wildman–Crippen MR) is 62.1 cm³/mol. The Kier molecular flexibility index (Phi) is 4.02. The van der Waals surface area contributed by atoms with Gasteiger partial charge in [-0.05, 0) is 13.0 Å². The zero-order valence-electron chi connectivity index (χ0n) is 9.17. The Bertz CT molecular complexity index is 513. The first-order valence-corrected chi connectivity index (χ1v) is 4.84. The summed E-state index contributed by atoms with van der Waals surface area (Å²) in [4.78, 5) is 13.8. The molecule has 0 radical (unpaired) electrons. The molecule has 0 amide bonds. The van der Waals surface area contributed by atoms with E-state index in [4.69, 9.17) is 11.7 Å². The van der Waals surface area contributed by atoms with Crippen LogP contribution in [0.15, 0.2) is 12.1 Å². The van der Waals surface area contributed by atoms with Crippen molar-refractivity contribution in [3.63, 3.8) is 0 Å². The van der Waals surface area contributed by atoms with E-state index in [0.717, 1.165) is 0 Å². The fourth-order valence-corrected chi connectivity index (χ4v) is 1.24. The number of terminal acetylenes is 1. The molecule has 0 bridgehead atoms. The molecule has 0 aliphatic rings. The van der Waals surface area contributed by atoms with Crippen molar-refractivity contribution in [3.05, 3.63) is 27.9 Å². The zero-order valence-corrected chi connectivity index (χ0v) is 9.17. The van der Waals surface area contributed by atoms with Gasteiger partial charge in [0.25, 0.3) is 0 Å². The molecule has 0 saturated carbocycles. The summed E-state index contributed by atoms with van der Waals surface area (Å²) >= 11 is 0. The van der Waals surface area contributed by atoms with E-state index in [1.54, 1.807) is 6.07 Å². The lowest BCUT2D eigenvalue weighted by Gasteiger charge is -2.11. The van der Waals surface area contributed by atoms with E-state index in [0.29, 0.717) is 12.2 Å². The Balaban J connectivity index is 2.96. The van der Waals surface area contributed by atoms with Gasteiger partial charge < -0.3 is 5.32 Å². The zero-order chi connectivity index (χ0) is 12.8. The SMILES string of the molecule is C#CCC(C)Nc1ccc([N+](=O)[O-])c(C#N)n1. The number of rotatable bonds is 4. The Morgan fingerprint density at radius 1 is 1.71 bits per heavy atom. The Morgan fingerprint density at radius 2 is 2.41 bits per heavy atom. The van der Waals surface area contributed by atoms with Gasteiger partial charge >= 0.3 is 5.69 Å². The average Bonchev–Trinajstić information content (AvgIpc) is 2.28. The molecule has 0 fully saturated rings. The molecule has 0 spiro atoms. The van der Waals surface area contributed by atoms with Crippen molar-refractivity contribution in [2.45, 2.75) is 19.4 Å². The first-order chi connectivity index (χ1) is 8.08. The van der Waals surface area contributed by atoms with E-state index in [9.17, 15) is 10.1 Å². The van der Waals surface area contributed by atoms with Crippen LogP contribution in [0.1, 0.15) is 19.0 Å². The van der Waals surface area contributed by atoms with Crippen molar-refractivity contribution in [2.75, 3.05) is 5.32 Å². The van der Waals surface area contributed by atoms with Crippen LogP contribution in [0.4, 0.5) is 11.5 Å². The molecule has 0 aromatic carbocycles. The minimum absolute atomic E-state index is 0.0134. The number of hydrogen-bond donors (Lipinski definition) is 1. The molecule has 1 unspecified atom stereocenters. The van der Waals surface area contributed by atoms with Crippen LogP contribution in [0, 0.1) is 33.8 Å². The first kappa shape index (κ1) is 12.5. The summed E-state index contributed by atoms with van der Waals surface area (Å²) in [6.07, 6.45) is 5.65. The van der Waals surface area contributed by atoms with E-state index in [2.05, 4.69) is 16.2 Å². The smallest absolute Gasteiger partial charge is 0.305 e. The lowest BCUT2D eigenvalue weighted by Crippen LogP contribution is -2.15. The second-order valence-electron chi connectivity index (χ2n) is 3.39. The molecule has 6 heteroatoms. The number of nitrogens with one attached hydrogen (secondary N) is 1. The highest BCUT2D eigenvalue weighted by atomic mass is 16.6. The summed E-state index contributed by atoms with van der Waals surface area (Å²) in [5.74, 6) is 2.88. The third-order valence-corrected chi connectivity index (χ3v) is 1.99. The molecule has 1 atom stereocenters. The number of nitriles is 1. The molecule has 6 nitrogen and oxygen atoms in total. The Hall–Kier alpha value is -2.60. The fourth-order valence-electron chi connectivity index (χ4n) is 1.24. The second kappa shape index (κ2) is 5.47. The molecule has 0 aliphatic carbocycles. The standard InChI is InChI=1S/C11H10N4O2/c1-3-4-8(2)13-11-6-5-10(15(16)17)9(7-12)14-11/h1,5-6,8H,4H2,2H3,(H,13,14). The average molecular weight is 230 g/mol. The van der Waals surface area contributed by atoms with E-state index >= 15 is 0 Å². The number of anilines is 1. The highest BCUT2D eigenvalue weighted by molar-refractivity contribution is 5.50. The van der Waals surface area contributed by atoms with E-state index in [1.807, 2.05) is 6.92 Å². The maximum absolute atomic E-state index is 10.6. The minimum atomic E-state index is -0.639.